The van der Waals surface area contributed by atoms with Crippen molar-refractivity contribution in [1.82, 2.24) is 24.9 Å². The maximum atomic E-state index is 8.81. The number of hydrogen-bond acceptors (Lipinski definition) is 7. The normalized spacial score (nSPS) is 11.9. The molecule has 0 aliphatic carbocycles. The molecule has 0 saturated heterocycles. The van der Waals surface area contributed by atoms with Gasteiger partial charge in [0.2, 0.25) is 0 Å². The van der Waals surface area contributed by atoms with Gasteiger partial charge in [-0.25, -0.2) is 15.0 Å². The molecule has 0 radical (unpaired) electrons. The van der Waals surface area contributed by atoms with Gasteiger partial charge in [-0.05, 0) is 6.07 Å². The third-order valence-corrected chi connectivity index (χ3v) is 3.61. The van der Waals surface area contributed by atoms with Gasteiger partial charge in [-0.15, -0.1) is 0 Å². The number of imidazole rings is 1. The van der Waals surface area contributed by atoms with Gasteiger partial charge in [0, 0.05) is 22.9 Å². The molecule has 20 heavy (non-hydrogen) atoms. The fourth-order valence-electron chi connectivity index (χ4n) is 1.65. The Balaban J connectivity index is 2.06. The van der Waals surface area contributed by atoms with Crippen LogP contribution in [0, 0.1) is 0 Å². The molecule has 3 aromatic heterocycles. The Morgan fingerprint density at radius 3 is 3.10 bits per heavy atom. The Hall–Kier alpha value is -2.68. The smallest absolute Gasteiger partial charge is 0.181 e. The van der Waals surface area contributed by atoms with Gasteiger partial charge in [0.1, 0.15) is 16.9 Å². The van der Waals surface area contributed by atoms with E-state index in [-0.39, 0.29) is 5.84 Å². The van der Waals surface area contributed by atoms with Crippen LogP contribution < -0.4 is 5.73 Å². The summed E-state index contributed by atoms with van der Waals surface area (Å²) < 4.78 is 0. The average Bonchev–Trinajstić information content (AvgIpc) is 2.96. The minimum atomic E-state index is 0.0183. The molecule has 0 amide bonds. The fraction of sp³-hybridized carbons (Fsp3) is 0. The van der Waals surface area contributed by atoms with Crippen LogP contribution in [0.1, 0.15) is 5.56 Å². The van der Waals surface area contributed by atoms with Crippen molar-refractivity contribution < 1.29 is 5.21 Å². The zero-order valence-electron chi connectivity index (χ0n) is 10.1. The van der Waals surface area contributed by atoms with Crippen molar-refractivity contribution in [3.8, 4) is 0 Å². The van der Waals surface area contributed by atoms with Gasteiger partial charge in [-0.3, -0.25) is 4.98 Å². The van der Waals surface area contributed by atoms with Gasteiger partial charge in [-0.1, -0.05) is 16.9 Å². The van der Waals surface area contributed by atoms with Crippen LogP contribution in [0.4, 0.5) is 0 Å². The van der Waals surface area contributed by atoms with Crippen LogP contribution in [-0.2, 0) is 0 Å². The Labute approximate surface area is 117 Å². The van der Waals surface area contributed by atoms with Crippen molar-refractivity contribution in [2.24, 2.45) is 10.9 Å². The van der Waals surface area contributed by atoms with Crippen LogP contribution in [0.25, 0.3) is 11.2 Å². The number of oxime groups is 1. The van der Waals surface area contributed by atoms with Crippen molar-refractivity contribution in [3.05, 3.63) is 36.7 Å². The van der Waals surface area contributed by atoms with E-state index in [9.17, 15) is 0 Å². The minimum absolute atomic E-state index is 0.0183. The molecule has 3 heterocycles. The first-order valence-electron chi connectivity index (χ1n) is 5.53. The number of aromatic amines is 1. The molecule has 0 aliphatic rings. The van der Waals surface area contributed by atoms with Gasteiger partial charge in [0.25, 0.3) is 0 Å². The molecule has 0 atom stereocenters. The highest BCUT2D eigenvalue weighted by molar-refractivity contribution is 7.99. The van der Waals surface area contributed by atoms with Gasteiger partial charge in [0.05, 0.1) is 6.33 Å². The van der Waals surface area contributed by atoms with E-state index in [0.717, 1.165) is 10.4 Å². The van der Waals surface area contributed by atoms with Crippen LogP contribution in [0.3, 0.4) is 0 Å². The molecule has 0 bridgehead atoms. The maximum Gasteiger partial charge on any atom is 0.181 e. The average molecular weight is 287 g/mol. The molecule has 0 fully saturated rings. The third-order valence-electron chi connectivity index (χ3n) is 2.56. The van der Waals surface area contributed by atoms with E-state index in [4.69, 9.17) is 10.9 Å². The highest BCUT2D eigenvalue weighted by Crippen LogP contribution is 2.31. The standard InChI is InChI=1S/C11H9N7OS/c12-9(18-19)6-1-2-13-3-7(6)20-11-8-10(15-4-14-8)16-5-17-11/h1-5,19H,(H2,12,18)(H,14,15,16,17). The molecule has 4 N–H and O–H groups in total. The van der Waals surface area contributed by atoms with Gasteiger partial charge in [0.15, 0.2) is 11.5 Å². The Bertz CT molecular complexity index is 785. The zero-order valence-corrected chi connectivity index (χ0v) is 10.9. The molecule has 0 saturated carbocycles. The number of nitrogens with two attached hydrogens (primary N) is 1. The summed E-state index contributed by atoms with van der Waals surface area (Å²) in [5.74, 6) is 0.0183. The summed E-state index contributed by atoms with van der Waals surface area (Å²) >= 11 is 1.34. The molecular formula is C11H9N7OS. The quantitative estimate of drug-likeness (QED) is 0.215. The monoisotopic (exact) mass is 287 g/mol. The van der Waals surface area contributed by atoms with E-state index >= 15 is 0 Å². The Morgan fingerprint density at radius 2 is 2.25 bits per heavy atom. The topological polar surface area (TPSA) is 126 Å². The number of amidine groups is 1. The molecule has 0 unspecified atom stereocenters. The SMILES string of the molecule is N/C(=N/O)c1ccncc1Sc1ncnc2nc[nH]c12. The van der Waals surface area contributed by atoms with Gasteiger partial charge >= 0.3 is 0 Å². The van der Waals surface area contributed by atoms with E-state index in [1.165, 1.54) is 18.1 Å². The van der Waals surface area contributed by atoms with Crippen molar-refractivity contribution in [2.75, 3.05) is 0 Å². The van der Waals surface area contributed by atoms with Crippen molar-refractivity contribution in [2.45, 2.75) is 9.92 Å². The number of rotatable bonds is 3. The van der Waals surface area contributed by atoms with Crippen molar-refractivity contribution >= 4 is 28.8 Å². The van der Waals surface area contributed by atoms with Gasteiger partial charge < -0.3 is 15.9 Å². The van der Waals surface area contributed by atoms with E-state index in [1.54, 1.807) is 24.8 Å². The summed E-state index contributed by atoms with van der Waals surface area (Å²) in [7, 11) is 0. The highest BCUT2D eigenvalue weighted by Gasteiger charge is 2.12. The minimum Gasteiger partial charge on any atom is -0.409 e. The Morgan fingerprint density at radius 1 is 1.35 bits per heavy atom. The summed E-state index contributed by atoms with van der Waals surface area (Å²) in [5.41, 5.74) is 7.54. The molecule has 3 rings (SSSR count). The van der Waals surface area contributed by atoms with Crippen LogP contribution in [-0.4, -0.2) is 36.0 Å². The molecule has 0 aromatic carbocycles. The first-order valence-corrected chi connectivity index (χ1v) is 6.35. The van der Waals surface area contributed by atoms with Crippen molar-refractivity contribution in [1.29, 1.82) is 0 Å². The number of hydrogen-bond donors (Lipinski definition) is 3. The molecule has 3 aromatic rings. The van der Waals surface area contributed by atoms with Crippen LogP contribution in [0.5, 0.6) is 0 Å². The second kappa shape index (κ2) is 5.13. The highest BCUT2D eigenvalue weighted by atomic mass is 32.2. The lowest BCUT2D eigenvalue weighted by atomic mass is 10.2. The molecule has 9 heteroatoms. The predicted octanol–water partition coefficient (Wildman–Crippen LogP) is 0.994. The summed E-state index contributed by atoms with van der Waals surface area (Å²) in [6.07, 6.45) is 6.19. The fourth-order valence-corrected chi connectivity index (χ4v) is 2.61. The van der Waals surface area contributed by atoms with E-state index in [2.05, 4.69) is 30.1 Å². The number of nitrogens with one attached hydrogen (secondary N) is 1. The zero-order chi connectivity index (χ0) is 13.9. The second-order valence-corrected chi connectivity index (χ2v) is 4.77. The van der Waals surface area contributed by atoms with Gasteiger partial charge in [-0.2, -0.15) is 0 Å². The lowest BCUT2D eigenvalue weighted by Crippen LogP contribution is -2.14. The largest absolute Gasteiger partial charge is 0.409 e. The summed E-state index contributed by atoms with van der Waals surface area (Å²) in [6, 6.07) is 1.67. The number of aromatic nitrogens is 5. The molecule has 8 nitrogen and oxygen atoms in total. The summed E-state index contributed by atoms with van der Waals surface area (Å²) in [4.78, 5) is 20.1. The maximum absolute atomic E-state index is 8.81. The number of nitrogens with zero attached hydrogens (tertiary/aromatic N) is 5. The molecule has 100 valence electrons. The molecule has 0 aliphatic heterocycles. The molecular weight excluding hydrogens is 278 g/mol. The molecule has 0 spiro atoms. The summed E-state index contributed by atoms with van der Waals surface area (Å²) in [5, 5.41) is 12.5. The van der Waals surface area contributed by atoms with Crippen LogP contribution in [0.15, 0.2) is 46.2 Å². The lowest BCUT2D eigenvalue weighted by molar-refractivity contribution is 0.318. The van der Waals surface area contributed by atoms with Crippen LogP contribution in [0.2, 0.25) is 0 Å². The first kappa shape index (κ1) is 12.4. The van der Waals surface area contributed by atoms with E-state index in [1.807, 2.05) is 0 Å². The second-order valence-electron chi connectivity index (χ2n) is 3.74. The first-order chi connectivity index (χ1) is 9.79. The Kier molecular flexibility index (Phi) is 3.17. The predicted molar refractivity (Wildman–Crippen MR) is 72.6 cm³/mol. The van der Waals surface area contributed by atoms with Crippen LogP contribution >= 0.6 is 11.8 Å². The van der Waals surface area contributed by atoms with E-state index in [0.29, 0.717) is 16.2 Å². The number of fused-ring (bicyclic) bond motifs is 1. The third kappa shape index (κ3) is 2.14. The number of pyridine rings is 1. The lowest BCUT2D eigenvalue weighted by Gasteiger charge is -2.06. The van der Waals surface area contributed by atoms with E-state index < -0.39 is 0 Å². The number of H-pyrrole nitrogens is 1. The summed E-state index contributed by atoms with van der Waals surface area (Å²) in [6.45, 7) is 0. The van der Waals surface area contributed by atoms with Crippen molar-refractivity contribution in [3.63, 3.8) is 0 Å².